The molecule has 0 spiro atoms. The van der Waals surface area contributed by atoms with Crippen LogP contribution in [-0.2, 0) is 20.9 Å². The van der Waals surface area contributed by atoms with Gasteiger partial charge in [-0.05, 0) is 44.1 Å². The molecular formula is C15H23NO3S. The molecular weight excluding hydrogens is 274 g/mol. The van der Waals surface area contributed by atoms with E-state index >= 15 is 0 Å². The minimum Gasteiger partial charge on any atom is -0.255 e. The van der Waals surface area contributed by atoms with Crippen molar-refractivity contribution < 1.29 is 12.6 Å². The van der Waals surface area contributed by atoms with Crippen molar-refractivity contribution in [1.82, 2.24) is 0 Å². The number of hydrogen-bond acceptors (Lipinski definition) is 3. The van der Waals surface area contributed by atoms with Crippen molar-refractivity contribution in [3.63, 3.8) is 0 Å². The fraction of sp³-hybridized carbons (Fsp3) is 0.467. The first-order chi connectivity index (χ1) is 9.51. The lowest BCUT2D eigenvalue weighted by Crippen LogP contribution is -2.24. The van der Waals surface area contributed by atoms with Crippen molar-refractivity contribution in [2.75, 3.05) is 0 Å². The number of allylic oxidation sites excluding steroid dienone is 1. The Hall–Kier alpha value is -1.17. The maximum Gasteiger partial charge on any atom is 0.333 e. The van der Waals surface area contributed by atoms with Gasteiger partial charge in [0, 0.05) is 0 Å². The van der Waals surface area contributed by atoms with Gasteiger partial charge < -0.3 is 0 Å². The molecule has 20 heavy (non-hydrogen) atoms. The Morgan fingerprint density at radius 1 is 1.20 bits per heavy atom. The number of unbranched alkanes of at least 4 members (excludes halogenated alkanes) is 1. The lowest BCUT2D eigenvalue weighted by atomic mass is 10.0. The quantitative estimate of drug-likeness (QED) is 0.533. The van der Waals surface area contributed by atoms with E-state index in [-0.39, 0.29) is 6.10 Å². The second-order valence-corrected chi connectivity index (χ2v) is 5.99. The molecule has 0 saturated heterocycles. The minimum absolute atomic E-state index is 0.339. The molecule has 4 nitrogen and oxygen atoms in total. The maximum atomic E-state index is 11.0. The van der Waals surface area contributed by atoms with Crippen LogP contribution in [-0.4, -0.2) is 14.5 Å². The Morgan fingerprint density at radius 3 is 2.45 bits per heavy atom. The number of benzene rings is 1. The van der Waals surface area contributed by atoms with Gasteiger partial charge in [0.1, 0.15) is 0 Å². The molecule has 2 N–H and O–H groups in total. The van der Waals surface area contributed by atoms with Crippen LogP contribution in [0.25, 0.3) is 0 Å². The molecule has 0 bridgehead atoms. The zero-order chi connectivity index (χ0) is 14.8. The van der Waals surface area contributed by atoms with E-state index in [1.54, 1.807) is 0 Å². The largest absolute Gasteiger partial charge is 0.333 e. The average Bonchev–Trinajstić information content (AvgIpc) is 2.38. The highest BCUT2D eigenvalue weighted by molar-refractivity contribution is 7.84. The Bertz CT molecular complexity index is 485. The Balaban J connectivity index is 2.40. The van der Waals surface area contributed by atoms with Crippen molar-refractivity contribution >= 4 is 10.3 Å². The molecule has 0 aliphatic rings. The van der Waals surface area contributed by atoms with Gasteiger partial charge in [0.2, 0.25) is 0 Å². The SMILES string of the molecule is C=CCCCC(CCCc1ccccc1)OS(N)(=O)=O. The van der Waals surface area contributed by atoms with Crippen molar-refractivity contribution in [3.8, 4) is 0 Å². The summed E-state index contributed by atoms with van der Waals surface area (Å²) in [7, 11) is -3.88. The molecule has 0 aliphatic carbocycles. The predicted octanol–water partition coefficient (Wildman–Crippen LogP) is 2.95. The van der Waals surface area contributed by atoms with Crippen LogP contribution in [0, 0.1) is 0 Å². The highest BCUT2D eigenvalue weighted by Crippen LogP contribution is 2.15. The molecule has 0 aliphatic heterocycles. The van der Waals surface area contributed by atoms with Gasteiger partial charge >= 0.3 is 10.3 Å². The van der Waals surface area contributed by atoms with Gasteiger partial charge in [0.05, 0.1) is 6.10 Å². The molecule has 1 aromatic rings. The van der Waals surface area contributed by atoms with Crippen LogP contribution in [0.5, 0.6) is 0 Å². The lowest BCUT2D eigenvalue weighted by Gasteiger charge is -2.15. The summed E-state index contributed by atoms with van der Waals surface area (Å²) in [5.74, 6) is 0. The van der Waals surface area contributed by atoms with Crippen molar-refractivity contribution in [2.24, 2.45) is 5.14 Å². The van der Waals surface area contributed by atoms with E-state index in [9.17, 15) is 8.42 Å². The summed E-state index contributed by atoms with van der Waals surface area (Å²) in [6.45, 7) is 3.65. The Labute approximate surface area is 121 Å². The molecule has 1 atom stereocenters. The van der Waals surface area contributed by atoms with Crippen LogP contribution in [0.2, 0.25) is 0 Å². The summed E-state index contributed by atoms with van der Waals surface area (Å²) < 4.78 is 27.0. The van der Waals surface area contributed by atoms with Gasteiger partial charge in [-0.1, -0.05) is 36.4 Å². The molecule has 1 unspecified atom stereocenters. The second kappa shape index (κ2) is 8.89. The number of aryl methyl sites for hydroxylation is 1. The van der Waals surface area contributed by atoms with E-state index in [4.69, 9.17) is 9.32 Å². The normalized spacial score (nSPS) is 13.1. The van der Waals surface area contributed by atoms with Gasteiger partial charge in [-0.15, -0.1) is 6.58 Å². The van der Waals surface area contributed by atoms with Crippen molar-refractivity contribution in [2.45, 2.75) is 44.6 Å². The van der Waals surface area contributed by atoms with E-state index in [0.29, 0.717) is 12.8 Å². The van der Waals surface area contributed by atoms with Gasteiger partial charge in [0.15, 0.2) is 0 Å². The number of hydrogen-bond donors (Lipinski definition) is 1. The zero-order valence-electron chi connectivity index (χ0n) is 11.7. The molecule has 0 fully saturated rings. The summed E-state index contributed by atoms with van der Waals surface area (Å²) in [5, 5.41) is 4.95. The Morgan fingerprint density at radius 2 is 1.85 bits per heavy atom. The van der Waals surface area contributed by atoms with Crippen LogP contribution in [0.3, 0.4) is 0 Å². The van der Waals surface area contributed by atoms with Gasteiger partial charge in [0.25, 0.3) is 0 Å². The van der Waals surface area contributed by atoms with E-state index in [2.05, 4.69) is 18.7 Å². The monoisotopic (exact) mass is 297 g/mol. The fourth-order valence-corrected chi connectivity index (χ4v) is 2.67. The van der Waals surface area contributed by atoms with Crippen molar-refractivity contribution in [1.29, 1.82) is 0 Å². The summed E-state index contributed by atoms with van der Waals surface area (Å²) in [5.41, 5.74) is 1.24. The highest BCUT2D eigenvalue weighted by atomic mass is 32.2. The molecule has 5 heteroatoms. The maximum absolute atomic E-state index is 11.0. The fourth-order valence-electron chi connectivity index (χ4n) is 2.10. The zero-order valence-corrected chi connectivity index (χ0v) is 12.5. The summed E-state index contributed by atoms with van der Waals surface area (Å²) in [6.07, 6.45) is 6.33. The first kappa shape index (κ1) is 16.9. The molecule has 1 rings (SSSR count). The van der Waals surface area contributed by atoms with Crippen LogP contribution < -0.4 is 5.14 Å². The summed E-state index contributed by atoms with van der Waals surface area (Å²) in [6, 6.07) is 10.1. The van der Waals surface area contributed by atoms with Gasteiger partial charge in [-0.25, -0.2) is 5.14 Å². The summed E-state index contributed by atoms with van der Waals surface area (Å²) in [4.78, 5) is 0. The van der Waals surface area contributed by atoms with Crippen LogP contribution in [0.1, 0.15) is 37.7 Å². The number of rotatable bonds is 10. The average molecular weight is 297 g/mol. The molecule has 0 heterocycles. The van der Waals surface area contributed by atoms with E-state index in [1.807, 2.05) is 24.3 Å². The lowest BCUT2D eigenvalue weighted by molar-refractivity contribution is 0.183. The molecule has 112 valence electrons. The smallest absolute Gasteiger partial charge is 0.255 e. The first-order valence-corrected chi connectivity index (χ1v) is 8.34. The molecule has 0 saturated carbocycles. The third-order valence-corrected chi connectivity index (χ3v) is 3.58. The van der Waals surface area contributed by atoms with Crippen molar-refractivity contribution in [3.05, 3.63) is 48.6 Å². The standard InChI is InChI=1S/C15H23NO3S/c1-2-3-5-12-15(19-20(16,17)18)13-8-11-14-9-6-4-7-10-14/h2,4,6-7,9-10,15H,1,3,5,8,11-13H2,(H2,16,17,18). The first-order valence-electron chi connectivity index (χ1n) is 6.87. The molecule has 0 radical (unpaired) electrons. The van der Waals surface area contributed by atoms with Gasteiger partial charge in [-0.2, -0.15) is 8.42 Å². The van der Waals surface area contributed by atoms with Crippen LogP contribution in [0.15, 0.2) is 43.0 Å². The topological polar surface area (TPSA) is 69.4 Å². The van der Waals surface area contributed by atoms with Crippen LogP contribution >= 0.6 is 0 Å². The van der Waals surface area contributed by atoms with E-state index in [1.165, 1.54) is 5.56 Å². The van der Waals surface area contributed by atoms with Crippen LogP contribution in [0.4, 0.5) is 0 Å². The van der Waals surface area contributed by atoms with E-state index in [0.717, 1.165) is 25.7 Å². The minimum atomic E-state index is -3.88. The van der Waals surface area contributed by atoms with E-state index < -0.39 is 10.3 Å². The Kier molecular flexibility index (Phi) is 7.51. The third kappa shape index (κ3) is 8.09. The number of nitrogens with two attached hydrogens (primary N) is 1. The predicted molar refractivity (Wildman–Crippen MR) is 81.4 cm³/mol. The third-order valence-electron chi connectivity index (χ3n) is 3.04. The molecule has 0 amide bonds. The van der Waals surface area contributed by atoms with Gasteiger partial charge in [-0.3, -0.25) is 4.18 Å². The molecule has 1 aromatic carbocycles. The highest BCUT2D eigenvalue weighted by Gasteiger charge is 2.15. The summed E-state index contributed by atoms with van der Waals surface area (Å²) >= 11 is 0. The second-order valence-electron chi connectivity index (χ2n) is 4.81. The molecule has 0 aromatic heterocycles.